The molecule has 0 heterocycles. The van der Waals surface area contributed by atoms with Crippen LogP contribution >= 0.6 is 0 Å². The summed E-state index contributed by atoms with van der Waals surface area (Å²) in [5, 5.41) is 2.16. The van der Waals surface area contributed by atoms with Crippen molar-refractivity contribution in [3.63, 3.8) is 0 Å². The second kappa shape index (κ2) is 4.49. The normalized spacial score (nSPS) is 8.40. The topological polar surface area (TPSA) is 89.3 Å². The molecule has 0 aromatic heterocycles. The summed E-state index contributed by atoms with van der Waals surface area (Å²) in [6, 6.07) is 0. The molecular weight excluding hydrogens is 136 g/mol. The van der Waals surface area contributed by atoms with E-state index in [9.17, 15) is 14.4 Å². The molecule has 0 saturated heterocycles. The van der Waals surface area contributed by atoms with Gasteiger partial charge in [0.15, 0.2) is 0 Å². The van der Waals surface area contributed by atoms with Gasteiger partial charge < -0.3 is 11.1 Å². The van der Waals surface area contributed by atoms with Crippen LogP contribution in [0, 0.1) is 0 Å². The lowest BCUT2D eigenvalue weighted by Gasteiger charge is -1.95. The van der Waals surface area contributed by atoms with E-state index in [-0.39, 0.29) is 19.3 Å². The van der Waals surface area contributed by atoms with Gasteiger partial charge in [-0.25, -0.2) is 0 Å². The first-order valence-corrected chi connectivity index (χ1v) is 2.68. The number of carbonyl (C=O) groups excluding carboxylic acids is 3. The van der Waals surface area contributed by atoms with E-state index in [2.05, 4.69) is 5.32 Å². The largest absolute Gasteiger partial charge is 0.370 e. The van der Waals surface area contributed by atoms with Gasteiger partial charge in [0.25, 0.3) is 5.91 Å². The predicted octanol–water partition coefficient (Wildman–Crippen LogP) is -1.82. The molecule has 0 unspecified atom stereocenters. The molecule has 10 heavy (non-hydrogen) atoms. The van der Waals surface area contributed by atoms with E-state index in [1.54, 1.807) is 0 Å². The number of rotatable bonds is 4. The minimum absolute atomic E-state index is 0.0551. The molecule has 0 aliphatic rings. The molecule has 0 aliphatic carbocycles. The lowest BCUT2D eigenvalue weighted by atomic mass is 10.4. The van der Waals surface area contributed by atoms with Crippen LogP contribution in [0.1, 0.15) is 6.42 Å². The third-order valence-corrected chi connectivity index (χ3v) is 0.778. The Labute approximate surface area is 57.6 Å². The zero-order valence-electron chi connectivity index (χ0n) is 5.29. The molecule has 0 aliphatic heterocycles. The standard InChI is InChI=1S/C5H8N2O3/c6-4(9)1-2-7-5(10)3-8/h3H,1-2H2,(H2,6,9)(H,7,10). The molecule has 0 saturated carbocycles. The number of hydrogen-bond acceptors (Lipinski definition) is 3. The molecule has 2 amide bonds. The van der Waals surface area contributed by atoms with Crippen molar-refractivity contribution < 1.29 is 14.4 Å². The maximum atomic E-state index is 10.2. The molecule has 0 rings (SSSR count). The van der Waals surface area contributed by atoms with E-state index in [1.165, 1.54) is 0 Å². The number of amides is 2. The molecule has 0 aromatic rings. The Morgan fingerprint density at radius 1 is 1.50 bits per heavy atom. The summed E-state index contributed by atoms with van der Waals surface area (Å²) in [5.41, 5.74) is 4.74. The van der Waals surface area contributed by atoms with E-state index in [1.807, 2.05) is 0 Å². The Hall–Kier alpha value is -1.39. The molecule has 0 bridgehead atoms. The van der Waals surface area contributed by atoms with Crippen molar-refractivity contribution in [3.05, 3.63) is 0 Å². The molecule has 56 valence electrons. The van der Waals surface area contributed by atoms with Crippen LogP contribution in [0.25, 0.3) is 0 Å². The Kier molecular flexibility index (Phi) is 3.86. The van der Waals surface area contributed by atoms with Crippen molar-refractivity contribution in [2.24, 2.45) is 5.73 Å². The molecule has 0 radical (unpaired) electrons. The monoisotopic (exact) mass is 144 g/mol. The van der Waals surface area contributed by atoms with E-state index >= 15 is 0 Å². The van der Waals surface area contributed by atoms with Gasteiger partial charge in [0, 0.05) is 13.0 Å². The van der Waals surface area contributed by atoms with Crippen molar-refractivity contribution in [2.75, 3.05) is 6.54 Å². The van der Waals surface area contributed by atoms with Crippen LogP contribution in [-0.4, -0.2) is 24.6 Å². The predicted molar refractivity (Wildman–Crippen MR) is 32.9 cm³/mol. The minimum Gasteiger partial charge on any atom is -0.370 e. The summed E-state index contributed by atoms with van der Waals surface area (Å²) < 4.78 is 0. The van der Waals surface area contributed by atoms with E-state index in [0.29, 0.717) is 0 Å². The Morgan fingerprint density at radius 2 is 2.10 bits per heavy atom. The fourth-order valence-electron chi connectivity index (χ4n) is 0.351. The third kappa shape index (κ3) is 4.76. The van der Waals surface area contributed by atoms with Crippen molar-refractivity contribution in [1.82, 2.24) is 5.32 Å². The fourth-order valence-corrected chi connectivity index (χ4v) is 0.351. The van der Waals surface area contributed by atoms with Gasteiger partial charge in [0.2, 0.25) is 12.2 Å². The highest BCUT2D eigenvalue weighted by Gasteiger charge is 1.97. The van der Waals surface area contributed by atoms with Gasteiger partial charge in [-0.2, -0.15) is 0 Å². The average molecular weight is 144 g/mol. The van der Waals surface area contributed by atoms with Crippen LogP contribution in [0.3, 0.4) is 0 Å². The van der Waals surface area contributed by atoms with Crippen molar-refractivity contribution in [1.29, 1.82) is 0 Å². The quantitative estimate of drug-likeness (QED) is 0.359. The number of nitrogens with two attached hydrogens (primary N) is 1. The van der Waals surface area contributed by atoms with Gasteiger partial charge in [-0.1, -0.05) is 0 Å². The molecular formula is C5H8N2O3. The summed E-state index contributed by atoms with van der Waals surface area (Å²) in [6.45, 7) is 0.118. The Balaban J connectivity index is 3.28. The van der Waals surface area contributed by atoms with E-state index < -0.39 is 11.8 Å². The molecule has 3 N–H and O–H groups in total. The first-order valence-electron chi connectivity index (χ1n) is 2.68. The Morgan fingerprint density at radius 3 is 2.50 bits per heavy atom. The number of aldehydes is 1. The van der Waals surface area contributed by atoms with Crippen molar-refractivity contribution in [3.8, 4) is 0 Å². The maximum absolute atomic E-state index is 10.2. The lowest BCUT2D eigenvalue weighted by Crippen LogP contribution is -2.28. The Bertz CT molecular complexity index is 155. The number of nitrogens with one attached hydrogen (secondary N) is 1. The smallest absolute Gasteiger partial charge is 0.284 e. The summed E-state index contributed by atoms with van der Waals surface area (Å²) in [6.07, 6.45) is 0.195. The molecule has 5 nitrogen and oxygen atoms in total. The number of hydrogen-bond donors (Lipinski definition) is 2. The van der Waals surface area contributed by atoms with Gasteiger partial charge >= 0.3 is 0 Å². The summed E-state index contributed by atoms with van der Waals surface area (Å²) in [7, 11) is 0. The third-order valence-electron chi connectivity index (χ3n) is 0.778. The summed E-state index contributed by atoms with van der Waals surface area (Å²) in [5.74, 6) is -1.24. The molecule has 0 aromatic carbocycles. The number of carbonyl (C=O) groups is 3. The minimum atomic E-state index is -0.735. The lowest BCUT2D eigenvalue weighted by molar-refractivity contribution is -0.131. The first-order chi connectivity index (χ1) is 4.66. The van der Waals surface area contributed by atoms with Crippen LogP contribution in [0.5, 0.6) is 0 Å². The van der Waals surface area contributed by atoms with E-state index in [4.69, 9.17) is 5.73 Å². The van der Waals surface area contributed by atoms with Crippen LogP contribution in [0.2, 0.25) is 0 Å². The zero-order valence-corrected chi connectivity index (χ0v) is 5.29. The highest BCUT2D eigenvalue weighted by molar-refractivity contribution is 6.23. The van der Waals surface area contributed by atoms with Crippen LogP contribution in [-0.2, 0) is 14.4 Å². The van der Waals surface area contributed by atoms with Gasteiger partial charge in [-0.05, 0) is 0 Å². The highest BCUT2D eigenvalue weighted by atomic mass is 16.2. The zero-order chi connectivity index (χ0) is 7.98. The summed E-state index contributed by atoms with van der Waals surface area (Å²) in [4.78, 5) is 29.9. The van der Waals surface area contributed by atoms with Crippen LogP contribution in [0.15, 0.2) is 0 Å². The van der Waals surface area contributed by atoms with Gasteiger partial charge in [-0.3, -0.25) is 14.4 Å². The van der Waals surface area contributed by atoms with Crippen molar-refractivity contribution >= 4 is 18.1 Å². The molecule has 0 atom stereocenters. The summed E-state index contributed by atoms with van der Waals surface area (Å²) >= 11 is 0. The fraction of sp³-hybridized carbons (Fsp3) is 0.400. The second-order valence-electron chi connectivity index (χ2n) is 1.63. The van der Waals surface area contributed by atoms with Gasteiger partial charge in [-0.15, -0.1) is 0 Å². The average Bonchev–Trinajstić information content (AvgIpc) is 1.87. The SMILES string of the molecule is NC(=O)CCNC(=O)C=O. The number of primary amides is 1. The van der Waals surface area contributed by atoms with E-state index in [0.717, 1.165) is 0 Å². The van der Waals surface area contributed by atoms with Gasteiger partial charge in [0.05, 0.1) is 0 Å². The van der Waals surface area contributed by atoms with Gasteiger partial charge in [0.1, 0.15) is 0 Å². The van der Waals surface area contributed by atoms with Crippen molar-refractivity contribution in [2.45, 2.75) is 6.42 Å². The molecule has 5 heteroatoms. The first kappa shape index (κ1) is 8.61. The maximum Gasteiger partial charge on any atom is 0.284 e. The second-order valence-corrected chi connectivity index (χ2v) is 1.63. The highest BCUT2D eigenvalue weighted by Crippen LogP contribution is 1.70. The molecule has 0 spiro atoms. The molecule has 0 fully saturated rings. The van der Waals surface area contributed by atoms with Crippen LogP contribution < -0.4 is 11.1 Å². The van der Waals surface area contributed by atoms with Crippen LogP contribution in [0.4, 0.5) is 0 Å².